The van der Waals surface area contributed by atoms with Crippen molar-refractivity contribution in [2.45, 2.75) is 65.3 Å². The fourth-order valence-electron chi connectivity index (χ4n) is 3.06. The van der Waals surface area contributed by atoms with Crippen LogP contribution in [-0.4, -0.2) is 34.1 Å². The molecule has 1 aliphatic rings. The van der Waals surface area contributed by atoms with Crippen LogP contribution in [0.4, 0.5) is 4.79 Å². The zero-order valence-electron chi connectivity index (χ0n) is 17.4. The Balaban J connectivity index is 1.93. The molecule has 158 valence electrons. The number of fused-ring (bicyclic) bond motifs is 1. The van der Waals surface area contributed by atoms with E-state index in [2.05, 4.69) is 15.8 Å². The molecule has 9 nitrogen and oxygen atoms in total. The first-order valence-electron chi connectivity index (χ1n) is 9.53. The number of carbonyl (C=O) groups is 1. The Morgan fingerprint density at radius 3 is 2.62 bits per heavy atom. The molecule has 1 amide bonds. The molecule has 0 aromatic carbocycles. The second-order valence-electron chi connectivity index (χ2n) is 8.05. The van der Waals surface area contributed by atoms with Gasteiger partial charge in [0.1, 0.15) is 10.4 Å². The number of aromatic nitrogens is 2. The molecule has 1 fully saturated rings. The number of nitrogens with one attached hydrogen (secondary N) is 2. The van der Waals surface area contributed by atoms with E-state index < -0.39 is 11.7 Å². The Hall–Kier alpha value is -2.46. The average Bonchev–Trinajstić information content (AvgIpc) is 3.38. The maximum Gasteiger partial charge on any atom is 0.422 e. The van der Waals surface area contributed by atoms with Crippen molar-refractivity contribution >= 4 is 33.9 Å². The Morgan fingerprint density at radius 1 is 1.34 bits per heavy atom. The summed E-state index contributed by atoms with van der Waals surface area (Å²) in [7, 11) is 1.65. The zero-order valence-corrected chi connectivity index (χ0v) is 18.2. The van der Waals surface area contributed by atoms with Gasteiger partial charge in [0.15, 0.2) is 0 Å². The molecule has 10 heteroatoms. The molecule has 1 saturated carbocycles. The highest BCUT2D eigenvalue weighted by atomic mass is 32.1. The van der Waals surface area contributed by atoms with Gasteiger partial charge in [0.05, 0.1) is 11.9 Å². The molecule has 2 heterocycles. The van der Waals surface area contributed by atoms with Gasteiger partial charge < -0.3 is 4.74 Å². The van der Waals surface area contributed by atoms with Crippen LogP contribution in [0.5, 0.6) is 0 Å². The number of hydrogen-bond donors (Lipinski definition) is 2. The van der Waals surface area contributed by atoms with E-state index in [0.29, 0.717) is 23.3 Å². The SMILES string of the molecule is C/N=C\Cn1c(=O)n(C2CC2)c(=O)c2c(C)c(CNNC(=O)OC(C)(C)C)sc21. The third kappa shape index (κ3) is 4.59. The molecule has 2 aromatic heterocycles. The quantitative estimate of drug-likeness (QED) is 0.549. The number of rotatable bonds is 6. The van der Waals surface area contributed by atoms with Gasteiger partial charge in [0.25, 0.3) is 5.56 Å². The van der Waals surface area contributed by atoms with Crippen LogP contribution < -0.4 is 22.1 Å². The second kappa shape index (κ2) is 8.11. The first-order chi connectivity index (χ1) is 13.6. The standard InChI is InChI=1S/C19H27N5O4S/c1-11-13(10-21-22-17(26)28-19(2,3)4)29-16-14(11)15(25)24(12-6-7-12)18(27)23(16)9-8-20-5/h8,12,21H,6-7,9-10H2,1-5H3,(H,22,26)/b20-8-. The van der Waals surface area contributed by atoms with Crippen LogP contribution in [-0.2, 0) is 17.8 Å². The Bertz CT molecular complexity index is 1070. The third-order valence-corrected chi connectivity index (χ3v) is 5.85. The number of nitrogens with zero attached hydrogens (tertiary/aromatic N) is 3. The van der Waals surface area contributed by atoms with Gasteiger partial charge in [-0.1, -0.05) is 0 Å². The van der Waals surface area contributed by atoms with Crippen molar-refractivity contribution < 1.29 is 9.53 Å². The van der Waals surface area contributed by atoms with Crippen molar-refractivity contribution in [2.75, 3.05) is 7.05 Å². The van der Waals surface area contributed by atoms with Crippen LogP contribution in [0, 0.1) is 6.92 Å². The molecule has 0 bridgehead atoms. The van der Waals surface area contributed by atoms with E-state index >= 15 is 0 Å². The van der Waals surface area contributed by atoms with Crippen molar-refractivity contribution in [3.63, 3.8) is 0 Å². The fraction of sp³-hybridized carbons (Fsp3) is 0.579. The van der Waals surface area contributed by atoms with Crippen LogP contribution in [0.2, 0.25) is 0 Å². The summed E-state index contributed by atoms with van der Waals surface area (Å²) >= 11 is 1.37. The minimum absolute atomic E-state index is 0.0149. The molecule has 2 aromatic rings. The summed E-state index contributed by atoms with van der Waals surface area (Å²) in [6.07, 6.45) is 2.77. The van der Waals surface area contributed by atoms with Gasteiger partial charge in [-0.15, -0.1) is 11.3 Å². The lowest BCUT2D eigenvalue weighted by atomic mass is 10.2. The van der Waals surface area contributed by atoms with E-state index in [-0.39, 0.29) is 17.3 Å². The number of hydrogen-bond acceptors (Lipinski definition) is 7. The first-order valence-corrected chi connectivity index (χ1v) is 10.4. The maximum absolute atomic E-state index is 13.0. The molecule has 0 radical (unpaired) electrons. The molecule has 3 rings (SSSR count). The van der Waals surface area contributed by atoms with Crippen molar-refractivity contribution in [3.05, 3.63) is 31.3 Å². The van der Waals surface area contributed by atoms with E-state index in [1.165, 1.54) is 15.9 Å². The molecule has 0 aliphatic heterocycles. The van der Waals surface area contributed by atoms with Crippen LogP contribution in [0.25, 0.3) is 10.2 Å². The fourth-order valence-corrected chi connectivity index (χ4v) is 4.30. The third-order valence-electron chi connectivity index (χ3n) is 4.54. The topological polar surface area (TPSA) is 107 Å². The molecular formula is C19H27N5O4S. The van der Waals surface area contributed by atoms with Gasteiger partial charge >= 0.3 is 11.8 Å². The summed E-state index contributed by atoms with van der Waals surface area (Å²) in [6.45, 7) is 7.83. The number of aryl methyl sites for hydroxylation is 1. The number of thiophene rings is 1. The molecule has 29 heavy (non-hydrogen) atoms. The van der Waals surface area contributed by atoms with Gasteiger partial charge in [-0.25, -0.2) is 15.0 Å². The maximum atomic E-state index is 13.0. The van der Waals surface area contributed by atoms with Gasteiger partial charge in [0.2, 0.25) is 0 Å². The molecular weight excluding hydrogens is 394 g/mol. The van der Waals surface area contributed by atoms with Crippen LogP contribution in [0.1, 0.15) is 50.1 Å². The Morgan fingerprint density at radius 2 is 2.03 bits per heavy atom. The van der Waals surface area contributed by atoms with Crippen LogP contribution in [0.15, 0.2) is 14.6 Å². The number of aliphatic imine (C=N–C) groups is 1. The predicted octanol–water partition coefficient (Wildman–Crippen LogP) is 2.10. The predicted molar refractivity (Wildman–Crippen MR) is 114 cm³/mol. The van der Waals surface area contributed by atoms with Crippen molar-refractivity contribution in [1.29, 1.82) is 0 Å². The summed E-state index contributed by atoms with van der Waals surface area (Å²) < 4.78 is 8.17. The van der Waals surface area contributed by atoms with E-state index in [1.54, 1.807) is 38.6 Å². The number of carbonyl (C=O) groups excluding carboxylic acids is 1. The molecule has 0 spiro atoms. The zero-order chi connectivity index (χ0) is 21.3. The van der Waals surface area contributed by atoms with E-state index in [4.69, 9.17) is 4.74 Å². The molecule has 1 aliphatic carbocycles. The van der Waals surface area contributed by atoms with Crippen molar-refractivity contribution in [2.24, 2.45) is 4.99 Å². The van der Waals surface area contributed by atoms with Gasteiger partial charge in [0, 0.05) is 30.7 Å². The Labute approximate surface area is 172 Å². The minimum Gasteiger partial charge on any atom is -0.443 e. The van der Waals surface area contributed by atoms with E-state index in [0.717, 1.165) is 23.3 Å². The lowest BCUT2D eigenvalue weighted by molar-refractivity contribution is 0.0497. The monoisotopic (exact) mass is 421 g/mol. The minimum atomic E-state index is -0.593. The summed E-state index contributed by atoms with van der Waals surface area (Å²) in [6, 6.07) is -0.0149. The van der Waals surface area contributed by atoms with Crippen LogP contribution >= 0.6 is 11.3 Å². The lowest BCUT2D eigenvalue weighted by Crippen LogP contribution is -2.40. The van der Waals surface area contributed by atoms with Gasteiger partial charge in [-0.05, 0) is 46.1 Å². The highest BCUT2D eigenvalue weighted by Gasteiger charge is 2.30. The summed E-state index contributed by atoms with van der Waals surface area (Å²) in [5.74, 6) is 0. The number of hydrazine groups is 1. The second-order valence-corrected chi connectivity index (χ2v) is 9.13. The highest BCUT2D eigenvalue weighted by Crippen LogP contribution is 2.34. The van der Waals surface area contributed by atoms with Crippen molar-refractivity contribution in [1.82, 2.24) is 20.0 Å². The first kappa shape index (κ1) is 21.3. The normalized spacial score (nSPS) is 14.7. The summed E-state index contributed by atoms with van der Waals surface area (Å²) in [4.78, 5) is 43.2. The summed E-state index contributed by atoms with van der Waals surface area (Å²) in [5, 5.41) is 0.556. The van der Waals surface area contributed by atoms with E-state index in [1.807, 2.05) is 6.92 Å². The van der Waals surface area contributed by atoms with Crippen LogP contribution in [0.3, 0.4) is 0 Å². The van der Waals surface area contributed by atoms with Crippen molar-refractivity contribution in [3.8, 4) is 0 Å². The number of ether oxygens (including phenoxy) is 1. The molecule has 0 unspecified atom stereocenters. The average molecular weight is 422 g/mol. The lowest BCUT2D eigenvalue weighted by Gasteiger charge is -2.19. The molecule has 2 N–H and O–H groups in total. The smallest absolute Gasteiger partial charge is 0.422 e. The Kier molecular flexibility index (Phi) is 5.95. The molecule has 0 atom stereocenters. The van der Waals surface area contributed by atoms with Gasteiger partial charge in [-0.2, -0.15) is 0 Å². The van der Waals surface area contributed by atoms with E-state index in [9.17, 15) is 14.4 Å². The van der Waals surface area contributed by atoms with Gasteiger partial charge in [-0.3, -0.25) is 24.3 Å². The number of amides is 1. The summed E-state index contributed by atoms with van der Waals surface area (Å²) in [5.41, 5.74) is 5.02. The highest BCUT2D eigenvalue weighted by molar-refractivity contribution is 7.18. The largest absolute Gasteiger partial charge is 0.443 e. The molecule has 0 saturated heterocycles.